The van der Waals surface area contributed by atoms with E-state index in [1.54, 1.807) is 18.8 Å². The molecule has 0 saturated carbocycles. The van der Waals surface area contributed by atoms with Crippen molar-refractivity contribution >= 4 is 35.6 Å². The fourth-order valence-corrected chi connectivity index (χ4v) is 5.15. The Kier molecular flexibility index (Phi) is 6.18. The van der Waals surface area contributed by atoms with Crippen molar-refractivity contribution in [3.05, 3.63) is 16.5 Å². The molecule has 0 spiro atoms. The molecule has 0 radical (unpaired) electrons. The van der Waals surface area contributed by atoms with Crippen LogP contribution in [0.15, 0.2) is 16.5 Å². The van der Waals surface area contributed by atoms with Crippen LogP contribution in [-0.2, 0) is 19.2 Å². The molecule has 0 aliphatic carbocycles. The van der Waals surface area contributed by atoms with Gasteiger partial charge in [0.05, 0.1) is 0 Å². The van der Waals surface area contributed by atoms with E-state index >= 15 is 0 Å². The summed E-state index contributed by atoms with van der Waals surface area (Å²) in [5.41, 5.74) is 0. The molecule has 0 aromatic heterocycles. The summed E-state index contributed by atoms with van der Waals surface area (Å²) < 4.78 is 1.86. The van der Waals surface area contributed by atoms with Gasteiger partial charge in [-0.25, -0.2) is 0 Å². The van der Waals surface area contributed by atoms with Crippen molar-refractivity contribution in [2.24, 2.45) is 0 Å². The molecule has 0 rings (SSSR count). The van der Waals surface area contributed by atoms with Gasteiger partial charge in [0.1, 0.15) is 0 Å². The second-order valence-electron chi connectivity index (χ2n) is 2.63. The quantitative estimate of drug-likeness (QED) is 0.405. The SMILES string of the molecule is CC[As](=C=O)(CC=C=O)C(=C=O)C=C=O. The van der Waals surface area contributed by atoms with Gasteiger partial charge in [0.15, 0.2) is 0 Å². The van der Waals surface area contributed by atoms with E-state index in [0.717, 1.165) is 12.2 Å². The van der Waals surface area contributed by atoms with Crippen LogP contribution in [0.2, 0.25) is 10.4 Å². The van der Waals surface area contributed by atoms with E-state index in [1.165, 1.54) is 5.94 Å². The summed E-state index contributed by atoms with van der Waals surface area (Å²) in [4.78, 5) is 41.7. The average Bonchev–Trinajstić information content (AvgIpc) is 2.29. The molecule has 0 fully saturated rings. The molecule has 4 nitrogen and oxygen atoms in total. The zero-order chi connectivity index (χ0) is 11.7. The van der Waals surface area contributed by atoms with Gasteiger partial charge in [-0.3, -0.25) is 0 Å². The predicted octanol–water partition coefficient (Wildman–Crippen LogP) is 0.177. The van der Waals surface area contributed by atoms with Crippen LogP contribution in [0, 0.1) is 0 Å². The topological polar surface area (TPSA) is 68.3 Å². The molecule has 0 aliphatic rings. The van der Waals surface area contributed by atoms with Crippen molar-refractivity contribution in [3.8, 4) is 0 Å². The molecule has 0 aliphatic heterocycles. The molecular formula is C10H9AsO4. The van der Waals surface area contributed by atoms with Gasteiger partial charge in [-0.15, -0.1) is 0 Å². The summed E-state index contributed by atoms with van der Waals surface area (Å²) >= 11 is -3.24. The molecule has 5 heteroatoms. The van der Waals surface area contributed by atoms with E-state index in [-0.39, 0.29) is 9.57 Å². The molecule has 0 aromatic rings. The Bertz CT molecular complexity index is 452. The van der Waals surface area contributed by atoms with Crippen LogP contribution in [0.1, 0.15) is 6.92 Å². The van der Waals surface area contributed by atoms with Crippen LogP contribution in [0.5, 0.6) is 0 Å². The molecule has 1 unspecified atom stereocenters. The van der Waals surface area contributed by atoms with Gasteiger partial charge >= 0.3 is 88.6 Å². The number of hydrogen-bond donors (Lipinski definition) is 0. The Morgan fingerprint density at radius 3 is 2.20 bits per heavy atom. The number of carbonyl (C=O) groups excluding carboxylic acids is 4. The van der Waals surface area contributed by atoms with Gasteiger partial charge in [0.25, 0.3) is 0 Å². The monoisotopic (exact) mass is 268 g/mol. The molecule has 0 aromatic carbocycles. The van der Waals surface area contributed by atoms with Crippen molar-refractivity contribution in [1.82, 2.24) is 0 Å². The van der Waals surface area contributed by atoms with Crippen LogP contribution in [0.4, 0.5) is 0 Å². The van der Waals surface area contributed by atoms with E-state index in [0.29, 0.717) is 5.21 Å². The molecule has 0 amide bonds. The minimum atomic E-state index is -3.24. The van der Waals surface area contributed by atoms with Gasteiger partial charge < -0.3 is 0 Å². The van der Waals surface area contributed by atoms with Crippen molar-refractivity contribution in [2.75, 3.05) is 0 Å². The zero-order valence-corrected chi connectivity index (χ0v) is 10.0. The average molecular weight is 268 g/mol. The fourth-order valence-electron chi connectivity index (χ4n) is 1.04. The van der Waals surface area contributed by atoms with E-state index in [2.05, 4.69) is 0 Å². The Morgan fingerprint density at radius 2 is 1.87 bits per heavy atom. The molecule has 1 atom stereocenters. The Morgan fingerprint density at radius 1 is 1.20 bits per heavy atom. The van der Waals surface area contributed by atoms with Crippen LogP contribution >= 0.6 is 0 Å². The molecular weight excluding hydrogens is 259 g/mol. The number of allylic oxidation sites excluding steroid dienone is 3. The third-order valence-electron chi connectivity index (χ3n) is 1.96. The van der Waals surface area contributed by atoms with Crippen LogP contribution < -0.4 is 0 Å². The third kappa shape index (κ3) is 3.27. The van der Waals surface area contributed by atoms with Crippen molar-refractivity contribution in [1.29, 1.82) is 0 Å². The Hall–Kier alpha value is -1.51. The summed E-state index contributed by atoms with van der Waals surface area (Å²) in [7, 11) is 0. The second kappa shape index (κ2) is 6.87. The molecule has 0 heterocycles. The van der Waals surface area contributed by atoms with Gasteiger partial charge in [0, 0.05) is 0 Å². The summed E-state index contributed by atoms with van der Waals surface area (Å²) in [6, 6.07) is 0. The first kappa shape index (κ1) is 13.5. The van der Waals surface area contributed by atoms with Gasteiger partial charge in [0.2, 0.25) is 0 Å². The van der Waals surface area contributed by atoms with E-state index < -0.39 is 13.1 Å². The summed E-state index contributed by atoms with van der Waals surface area (Å²) in [5.74, 6) is 4.56. The molecule has 0 N–H and O–H groups in total. The second-order valence-corrected chi connectivity index (χ2v) is 10.2. The molecule has 15 heavy (non-hydrogen) atoms. The molecule has 78 valence electrons. The first-order valence-corrected chi connectivity index (χ1v) is 8.66. The van der Waals surface area contributed by atoms with E-state index in [4.69, 9.17) is 0 Å². The van der Waals surface area contributed by atoms with E-state index in [1.807, 2.05) is 4.67 Å². The van der Waals surface area contributed by atoms with Crippen LogP contribution in [0.25, 0.3) is 0 Å². The fraction of sp³-hybridized carbons (Fsp3) is 0.300. The Balaban J connectivity index is 5.67. The predicted molar refractivity (Wildman–Crippen MR) is 56.5 cm³/mol. The van der Waals surface area contributed by atoms with Gasteiger partial charge in [-0.2, -0.15) is 0 Å². The van der Waals surface area contributed by atoms with Crippen molar-refractivity contribution < 1.29 is 19.2 Å². The van der Waals surface area contributed by atoms with Crippen LogP contribution in [-0.4, -0.2) is 35.6 Å². The normalized spacial score (nSPS) is 12.1. The Labute approximate surface area is 88.9 Å². The number of hydrogen-bond acceptors (Lipinski definition) is 4. The summed E-state index contributed by atoms with van der Waals surface area (Å²) in [6.45, 7) is 1.71. The molecule has 0 bridgehead atoms. The van der Waals surface area contributed by atoms with E-state index in [9.17, 15) is 19.2 Å². The van der Waals surface area contributed by atoms with Crippen LogP contribution in [0.3, 0.4) is 0 Å². The number of rotatable bonds is 5. The third-order valence-corrected chi connectivity index (χ3v) is 9.05. The van der Waals surface area contributed by atoms with Crippen molar-refractivity contribution in [3.63, 3.8) is 0 Å². The summed E-state index contributed by atoms with van der Waals surface area (Å²) in [6.07, 6.45) is 2.06. The maximum atomic E-state index is 10.9. The first-order valence-electron chi connectivity index (χ1n) is 4.13. The standard InChI is InChI=1S/C10H9AsO4/c1-2-11(9-15,5-3-6-12)10(8-14)4-7-13/h3-4H,2,5H2,1H3. The maximum absolute atomic E-state index is 10.9. The first-order chi connectivity index (χ1) is 7.20. The molecule has 0 saturated heterocycles. The van der Waals surface area contributed by atoms with Crippen molar-refractivity contribution in [2.45, 2.75) is 17.3 Å². The zero-order valence-electron chi connectivity index (χ0n) is 8.15. The minimum absolute atomic E-state index is 0.0205. The van der Waals surface area contributed by atoms with Gasteiger partial charge in [-0.05, 0) is 0 Å². The van der Waals surface area contributed by atoms with Gasteiger partial charge in [-0.1, -0.05) is 0 Å². The summed E-state index contributed by atoms with van der Waals surface area (Å²) in [5, 5.41) is 0.549.